The van der Waals surface area contributed by atoms with Gasteiger partial charge in [0.25, 0.3) is 0 Å². The van der Waals surface area contributed by atoms with Crippen LogP contribution < -0.4 is 0 Å². The summed E-state index contributed by atoms with van der Waals surface area (Å²) >= 11 is 0. The highest BCUT2D eigenvalue weighted by atomic mass is 16.5. The van der Waals surface area contributed by atoms with E-state index in [-0.39, 0.29) is 12.1 Å². The first-order chi connectivity index (χ1) is 16.1. The molecule has 4 nitrogen and oxygen atoms in total. The van der Waals surface area contributed by atoms with Gasteiger partial charge in [-0.2, -0.15) is 0 Å². The molecule has 0 aliphatic rings. The molecule has 1 unspecified atom stereocenters. The number of carboxylic acid groups (broad SMARTS) is 1. The molecule has 196 valence electrons. The molecule has 4 heteroatoms. The lowest BCUT2D eigenvalue weighted by molar-refractivity contribution is -0.150. The van der Waals surface area contributed by atoms with Crippen LogP contribution in [0.1, 0.15) is 168 Å². The van der Waals surface area contributed by atoms with Gasteiger partial charge in [-0.15, -0.1) is 0 Å². The van der Waals surface area contributed by atoms with Crippen molar-refractivity contribution in [2.24, 2.45) is 0 Å². The number of carbonyl (C=O) groups is 2. The first-order valence-corrected chi connectivity index (χ1v) is 14.5. The van der Waals surface area contributed by atoms with Gasteiger partial charge in [0.1, 0.15) is 6.10 Å². The Bertz CT molecular complexity index is 435. The fourth-order valence-corrected chi connectivity index (χ4v) is 4.42. The number of unbranched alkanes of at least 4 members (excludes halogenated alkanes) is 17. The Morgan fingerprint density at radius 1 is 0.545 bits per heavy atom. The average Bonchev–Trinajstić information content (AvgIpc) is 2.79. The van der Waals surface area contributed by atoms with E-state index in [0.29, 0.717) is 12.8 Å². The van der Waals surface area contributed by atoms with Crippen molar-refractivity contribution < 1.29 is 19.4 Å². The van der Waals surface area contributed by atoms with E-state index < -0.39 is 5.97 Å². The van der Waals surface area contributed by atoms with Crippen LogP contribution in [-0.4, -0.2) is 23.1 Å². The predicted octanol–water partition coefficient (Wildman–Crippen LogP) is 9.39. The Hall–Kier alpha value is -1.06. The van der Waals surface area contributed by atoms with E-state index in [2.05, 4.69) is 13.8 Å². The fraction of sp³-hybridized carbons (Fsp3) is 0.931. The predicted molar refractivity (Wildman–Crippen MR) is 140 cm³/mol. The maximum absolute atomic E-state index is 12.4. The smallest absolute Gasteiger partial charge is 0.306 e. The van der Waals surface area contributed by atoms with Crippen molar-refractivity contribution in [2.75, 3.05) is 0 Å². The van der Waals surface area contributed by atoms with Crippen molar-refractivity contribution in [3.05, 3.63) is 0 Å². The SMILES string of the molecule is CCCCCCCCCCC(=O)OC(CCCCCC)CCCCCCCCCCC(=O)O. The Morgan fingerprint density at radius 3 is 1.36 bits per heavy atom. The first kappa shape index (κ1) is 31.9. The van der Waals surface area contributed by atoms with Gasteiger partial charge in [-0.25, -0.2) is 0 Å². The van der Waals surface area contributed by atoms with Gasteiger partial charge in [-0.3, -0.25) is 9.59 Å². The largest absolute Gasteiger partial charge is 0.481 e. The molecule has 0 heterocycles. The van der Waals surface area contributed by atoms with Gasteiger partial charge in [-0.1, -0.05) is 117 Å². The van der Waals surface area contributed by atoms with Crippen LogP contribution in [0.2, 0.25) is 0 Å². The Labute approximate surface area is 205 Å². The first-order valence-electron chi connectivity index (χ1n) is 14.5. The third-order valence-corrected chi connectivity index (χ3v) is 6.58. The lowest BCUT2D eigenvalue weighted by Gasteiger charge is -2.18. The van der Waals surface area contributed by atoms with Crippen molar-refractivity contribution >= 4 is 11.9 Å². The zero-order valence-electron chi connectivity index (χ0n) is 22.2. The maximum Gasteiger partial charge on any atom is 0.306 e. The quantitative estimate of drug-likeness (QED) is 0.101. The molecule has 0 aliphatic carbocycles. The summed E-state index contributed by atoms with van der Waals surface area (Å²) in [6, 6.07) is 0. The monoisotopic (exact) mass is 468 g/mol. The Kier molecular flexibility index (Phi) is 24.7. The normalized spacial score (nSPS) is 12.1. The summed E-state index contributed by atoms with van der Waals surface area (Å²) in [6.07, 6.45) is 26.9. The molecule has 0 aromatic carbocycles. The van der Waals surface area contributed by atoms with Crippen molar-refractivity contribution in [2.45, 2.75) is 174 Å². The van der Waals surface area contributed by atoms with Crippen LogP contribution in [0.4, 0.5) is 0 Å². The van der Waals surface area contributed by atoms with Crippen molar-refractivity contribution in [3.63, 3.8) is 0 Å². The minimum Gasteiger partial charge on any atom is -0.481 e. The summed E-state index contributed by atoms with van der Waals surface area (Å²) in [5.41, 5.74) is 0. The second-order valence-electron chi connectivity index (χ2n) is 9.95. The fourth-order valence-electron chi connectivity index (χ4n) is 4.42. The molecule has 0 saturated carbocycles. The molecule has 1 N–H and O–H groups in total. The van der Waals surface area contributed by atoms with Crippen molar-refractivity contribution in [3.8, 4) is 0 Å². The van der Waals surface area contributed by atoms with E-state index >= 15 is 0 Å². The molecule has 1 atom stereocenters. The molecule has 0 aromatic heterocycles. The molecule has 0 aromatic rings. The van der Waals surface area contributed by atoms with E-state index in [0.717, 1.165) is 51.4 Å². The van der Waals surface area contributed by atoms with Crippen molar-refractivity contribution in [1.82, 2.24) is 0 Å². The second kappa shape index (κ2) is 25.6. The lowest BCUT2D eigenvalue weighted by Crippen LogP contribution is -2.18. The van der Waals surface area contributed by atoms with Crippen LogP contribution in [0, 0.1) is 0 Å². The third kappa shape index (κ3) is 25.4. The second-order valence-corrected chi connectivity index (χ2v) is 9.95. The molecular weight excluding hydrogens is 412 g/mol. The number of rotatable bonds is 26. The van der Waals surface area contributed by atoms with E-state index in [4.69, 9.17) is 9.84 Å². The topological polar surface area (TPSA) is 63.6 Å². The molecule has 0 fully saturated rings. The Balaban J connectivity index is 3.89. The number of hydrogen-bond donors (Lipinski definition) is 1. The lowest BCUT2D eigenvalue weighted by atomic mass is 10.0. The average molecular weight is 469 g/mol. The number of hydrogen-bond acceptors (Lipinski definition) is 3. The molecule has 0 amide bonds. The van der Waals surface area contributed by atoms with Crippen LogP contribution in [0.15, 0.2) is 0 Å². The highest BCUT2D eigenvalue weighted by Gasteiger charge is 2.14. The van der Waals surface area contributed by atoms with Gasteiger partial charge in [0, 0.05) is 12.8 Å². The van der Waals surface area contributed by atoms with Gasteiger partial charge < -0.3 is 9.84 Å². The van der Waals surface area contributed by atoms with Crippen molar-refractivity contribution in [1.29, 1.82) is 0 Å². The number of aliphatic carboxylic acids is 1. The molecule has 0 saturated heterocycles. The van der Waals surface area contributed by atoms with E-state index in [1.54, 1.807) is 0 Å². The summed E-state index contributed by atoms with van der Waals surface area (Å²) in [5, 5.41) is 8.66. The molecule has 0 radical (unpaired) electrons. The summed E-state index contributed by atoms with van der Waals surface area (Å²) in [5.74, 6) is -0.666. The summed E-state index contributed by atoms with van der Waals surface area (Å²) in [6.45, 7) is 4.48. The minimum absolute atomic E-state index is 0.0165. The molecule has 0 spiro atoms. The Morgan fingerprint density at radius 2 is 0.909 bits per heavy atom. The standard InChI is InChI=1S/C29H56O4/c1-3-5-7-9-10-15-18-22-26-29(32)33-27(23-19-8-6-4-2)24-20-16-13-11-12-14-17-21-25-28(30)31/h27H,3-26H2,1-2H3,(H,30,31). The van der Waals surface area contributed by atoms with Gasteiger partial charge in [0.2, 0.25) is 0 Å². The number of carbonyl (C=O) groups excluding carboxylic acids is 1. The van der Waals surface area contributed by atoms with E-state index in [9.17, 15) is 9.59 Å². The van der Waals surface area contributed by atoms with Crippen LogP contribution in [0.5, 0.6) is 0 Å². The third-order valence-electron chi connectivity index (χ3n) is 6.58. The molecular formula is C29H56O4. The van der Waals surface area contributed by atoms with Gasteiger partial charge in [-0.05, 0) is 38.5 Å². The molecule has 0 bridgehead atoms. The summed E-state index contributed by atoms with van der Waals surface area (Å²) in [4.78, 5) is 22.9. The van der Waals surface area contributed by atoms with E-state index in [1.807, 2.05) is 0 Å². The zero-order chi connectivity index (χ0) is 24.4. The van der Waals surface area contributed by atoms with Crippen LogP contribution in [-0.2, 0) is 14.3 Å². The zero-order valence-corrected chi connectivity index (χ0v) is 22.2. The molecule has 0 aliphatic heterocycles. The number of ether oxygens (including phenoxy) is 1. The van der Waals surface area contributed by atoms with Gasteiger partial charge >= 0.3 is 11.9 Å². The number of esters is 1. The van der Waals surface area contributed by atoms with Gasteiger partial charge in [0.15, 0.2) is 0 Å². The highest BCUT2D eigenvalue weighted by Crippen LogP contribution is 2.18. The summed E-state index contributed by atoms with van der Waals surface area (Å²) in [7, 11) is 0. The summed E-state index contributed by atoms with van der Waals surface area (Å²) < 4.78 is 5.89. The maximum atomic E-state index is 12.4. The molecule has 0 rings (SSSR count). The number of carboxylic acids is 1. The van der Waals surface area contributed by atoms with E-state index in [1.165, 1.54) is 89.9 Å². The van der Waals surface area contributed by atoms with Gasteiger partial charge in [0.05, 0.1) is 0 Å². The van der Waals surface area contributed by atoms with Crippen LogP contribution >= 0.6 is 0 Å². The minimum atomic E-state index is -0.683. The van der Waals surface area contributed by atoms with Crippen LogP contribution in [0.3, 0.4) is 0 Å². The highest BCUT2D eigenvalue weighted by molar-refractivity contribution is 5.69. The molecule has 33 heavy (non-hydrogen) atoms. The van der Waals surface area contributed by atoms with Crippen LogP contribution in [0.25, 0.3) is 0 Å².